The summed E-state index contributed by atoms with van der Waals surface area (Å²) in [5, 5.41) is 3.13. The van der Waals surface area contributed by atoms with Gasteiger partial charge < -0.3 is 5.32 Å². The third-order valence-electron chi connectivity index (χ3n) is 2.65. The second-order valence-corrected chi connectivity index (χ2v) is 3.87. The Bertz CT molecular complexity index is 326. The number of benzene rings is 1. The molecule has 1 saturated heterocycles. The van der Waals surface area contributed by atoms with Crippen molar-refractivity contribution in [3.8, 4) is 0 Å². The van der Waals surface area contributed by atoms with Gasteiger partial charge in [0.05, 0.1) is 0 Å². The van der Waals surface area contributed by atoms with Crippen molar-refractivity contribution < 1.29 is 8.78 Å². The van der Waals surface area contributed by atoms with Crippen molar-refractivity contribution in [3.05, 3.63) is 35.4 Å². The minimum absolute atomic E-state index is 0.113. The molecule has 0 amide bonds. The van der Waals surface area contributed by atoms with Crippen molar-refractivity contribution in [2.75, 3.05) is 13.1 Å². The maximum atomic E-state index is 13.0. The highest BCUT2D eigenvalue weighted by Gasteiger charge is 2.26. The van der Waals surface area contributed by atoms with Gasteiger partial charge in [0.2, 0.25) is 0 Å². The second-order valence-electron chi connectivity index (χ2n) is 3.87. The first-order chi connectivity index (χ1) is 6.57. The zero-order chi connectivity index (χ0) is 10.2. The number of alkyl halides is 2. The molecule has 14 heavy (non-hydrogen) atoms. The normalized spacial score (nSPS) is 17.9. The topological polar surface area (TPSA) is 12.0 Å². The lowest BCUT2D eigenvalue weighted by Crippen LogP contribution is -2.39. The molecule has 1 fully saturated rings. The van der Waals surface area contributed by atoms with E-state index in [1.165, 1.54) is 6.07 Å². The SMILES string of the molecule is CC(F)(F)c1cccc(C2CNC2)c1. The molecule has 2 rings (SSSR count). The molecule has 1 nitrogen and oxygen atoms in total. The lowest BCUT2D eigenvalue weighted by Gasteiger charge is -2.28. The van der Waals surface area contributed by atoms with Crippen LogP contribution in [0, 0.1) is 0 Å². The molecule has 0 spiro atoms. The Morgan fingerprint density at radius 1 is 1.36 bits per heavy atom. The second kappa shape index (κ2) is 3.31. The van der Waals surface area contributed by atoms with Gasteiger partial charge in [-0.3, -0.25) is 0 Å². The summed E-state index contributed by atoms with van der Waals surface area (Å²) in [5.41, 5.74) is 1.13. The molecule has 1 aromatic rings. The van der Waals surface area contributed by atoms with E-state index < -0.39 is 5.92 Å². The summed E-state index contributed by atoms with van der Waals surface area (Å²) in [6, 6.07) is 6.72. The summed E-state index contributed by atoms with van der Waals surface area (Å²) in [4.78, 5) is 0. The molecule has 76 valence electrons. The zero-order valence-electron chi connectivity index (χ0n) is 8.06. The Labute approximate surface area is 82.1 Å². The first kappa shape index (κ1) is 9.59. The fourth-order valence-electron chi connectivity index (χ4n) is 1.59. The van der Waals surface area contributed by atoms with E-state index in [0.29, 0.717) is 5.92 Å². The van der Waals surface area contributed by atoms with Gasteiger partial charge in [-0.2, -0.15) is 0 Å². The highest BCUT2D eigenvalue weighted by molar-refractivity contribution is 5.30. The first-order valence-electron chi connectivity index (χ1n) is 4.76. The molecule has 1 aliphatic heterocycles. The fraction of sp³-hybridized carbons (Fsp3) is 0.455. The maximum Gasteiger partial charge on any atom is 0.270 e. The average Bonchev–Trinajstić information content (AvgIpc) is 2.00. The molecule has 1 aliphatic rings. The van der Waals surface area contributed by atoms with Crippen molar-refractivity contribution in [1.29, 1.82) is 0 Å². The van der Waals surface area contributed by atoms with Crippen LogP contribution < -0.4 is 5.32 Å². The van der Waals surface area contributed by atoms with E-state index in [1.54, 1.807) is 12.1 Å². The van der Waals surface area contributed by atoms with E-state index in [-0.39, 0.29) is 5.56 Å². The lowest BCUT2D eigenvalue weighted by molar-refractivity contribution is 0.0173. The third-order valence-corrected chi connectivity index (χ3v) is 2.65. The van der Waals surface area contributed by atoms with Gasteiger partial charge in [-0.1, -0.05) is 18.2 Å². The van der Waals surface area contributed by atoms with Crippen LogP contribution in [0.5, 0.6) is 0 Å². The van der Waals surface area contributed by atoms with Gasteiger partial charge in [0.25, 0.3) is 5.92 Å². The van der Waals surface area contributed by atoms with Crippen molar-refractivity contribution >= 4 is 0 Å². The van der Waals surface area contributed by atoms with Crippen LogP contribution in [-0.4, -0.2) is 13.1 Å². The summed E-state index contributed by atoms with van der Waals surface area (Å²) in [6.45, 7) is 2.74. The van der Waals surface area contributed by atoms with E-state index in [4.69, 9.17) is 0 Å². The van der Waals surface area contributed by atoms with Gasteiger partial charge in [-0.05, 0) is 11.6 Å². The lowest BCUT2D eigenvalue weighted by atomic mass is 9.92. The van der Waals surface area contributed by atoms with E-state index >= 15 is 0 Å². The molecule has 1 aromatic carbocycles. The van der Waals surface area contributed by atoms with Gasteiger partial charge in [-0.25, -0.2) is 8.78 Å². The van der Waals surface area contributed by atoms with Crippen LogP contribution in [0.2, 0.25) is 0 Å². The maximum absolute atomic E-state index is 13.0. The van der Waals surface area contributed by atoms with Crippen LogP contribution in [0.25, 0.3) is 0 Å². The van der Waals surface area contributed by atoms with E-state index in [2.05, 4.69) is 5.32 Å². The van der Waals surface area contributed by atoms with Gasteiger partial charge >= 0.3 is 0 Å². The summed E-state index contributed by atoms with van der Waals surface area (Å²) in [5.74, 6) is -2.31. The predicted molar refractivity (Wildman–Crippen MR) is 51.6 cm³/mol. The quantitative estimate of drug-likeness (QED) is 0.768. The van der Waals surface area contributed by atoms with Crippen LogP contribution in [0.15, 0.2) is 24.3 Å². The largest absolute Gasteiger partial charge is 0.315 e. The summed E-state index contributed by atoms with van der Waals surface area (Å²) in [7, 11) is 0. The predicted octanol–water partition coefficient (Wildman–Crippen LogP) is 2.49. The molecule has 3 heteroatoms. The van der Waals surface area contributed by atoms with Crippen LogP contribution in [0.1, 0.15) is 24.0 Å². The van der Waals surface area contributed by atoms with Crippen LogP contribution in [0.4, 0.5) is 8.78 Å². The van der Waals surface area contributed by atoms with E-state index in [0.717, 1.165) is 25.6 Å². The Hall–Kier alpha value is -0.960. The van der Waals surface area contributed by atoms with Crippen molar-refractivity contribution in [3.63, 3.8) is 0 Å². The van der Waals surface area contributed by atoms with Gasteiger partial charge in [-0.15, -0.1) is 0 Å². The van der Waals surface area contributed by atoms with Crippen LogP contribution in [-0.2, 0) is 5.92 Å². The van der Waals surface area contributed by atoms with Crippen LogP contribution in [0.3, 0.4) is 0 Å². The smallest absolute Gasteiger partial charge is 0.270 e. The highest BCUT2D eigenvalue weighted by atomic mass is 19.3. The minimum Gasteiger partial charge on any atom is -0.315 e. The molecule has 0 radical (unpaired) electrons. The molecule has 1 heterocycles. The number of hydrogen-bond acceptors (Lipinski definition) is 1. The van der Waals surface area contributed by atoms with Gasteiger partial charge in [0.1, 0.15) is 0 Å². The molecule has 0 atom stereocenters. The van der Waals surface area contributed by atoms with Crippen molar-refractivity contribution in [2.45, 2.75) is 18.8 Å². The highest BCUT2D eigenvalue weighted by Crippen LogP contribution is 2.29. The molecule has 1 N–H and O–H groups in total. The summed E-state index contributed by atoms with van der Waals surface area (Å²) >= 11 is 0. The van der Waals surface area contributed by atoms with E-state index in [9.17, 15) is 8.78 Å². The minimum atomic E-state index is -2.73. The van der Waals surface area contributed by atoms with Crippen molar-refractivity contribution in [1.82, 2.24) is 5.32 Å². The summed E-state index contributed by atoms with van der Waals surface area (Å²) in [6.07, 6.45) is 0. The first-order valence-corrected chi connectivity index (χ1v) is 4.76. The van der Waals surface area contributed by atoms with Crippen LogP contribution >= 0.6 is 0 Å². The van der Waals surface area contributed by atoms with E-state index in [1.807, 2.05) is 6.07 Å². The fourth-order valence-corrected chi connectivity index (χ4v) is 1.59. The Morgan fingerprint density at radius 2 is 2.07 bits per heavy atom. The Kier molecular flexibility index (Phi) is 2.27. The number of rotatable bonds is 2. The third kappa shape index (κ3) is 1.77. The molecular weight excluding hydrogens is 184 g/mol. The molecule has 0 saturated carbocycles. The molecule has 0 unspecified atom stereocenters. The molecule has 0 aliphatic carbocycles. The molecule has 0 aromatic heterocycles. The monoisotopic (exact) mass is 197 g/mol. The molecule has 0 bridgehead atoms. The Balaban J connectivity index is 2.26. The number of nitrogens with one attached hydrogen (secondary N) is 1. The van der Waals surface area contributed by atoms with Gasteiger partial charge in [0.15, 0.2) is 0 Å². The number of halogens is 2. The average molecular weight is 197 g/mol. The standard InChI is InChI=1S/C11H13F2N/c1-11(12,13)10-4-2-3-8(5-10)9-6-14-7-9/h2-5,9,14H,6-7H2,1H3. The Morgan fingerprint density at radius 3 is 2.57 bits per heavy atom. The zero-order valence-corrected chi connectivity index (χ0v) is 8.06. The summed E-state index contributed by atoms with van der Waals surface area (Å²) < 4.78 is 26.0. The number of hydrogen-bond donors (Lipinski definition) is 1. The van der Waals surface area contributed by atoms with Gasteiger partial charge in [0, 0.05) is 31.5 Å². The van der Waals surface area contributed by atoms with Crippen molar-refractivity contribution in [2.24, 2.45) is 0 Å². The molecular formula is C11H13F2N.